The zero-order chi connectivity index (χ0) is 22.3. The van der Waals surface area contributed by atoms with E-state index in [1.54, 1.807) is 23.5 Å². The first-order valence-corrected chi connectivity index (χ1v) is 11.7. The highest BCUT2D eigenvalue weighted by Crippen LogP contribution is 2.26. The molecule has 1 N–H and O–H groups in total. The molecule has 0 aliphatic rings. The molecule has 0 saturated carbocycles. The highest BCUT2D eigenvalue weighted by Gasteiger charge is 2.17. The molecule has 0 fully saturated rings. The van der Waals surface area contributed by atoms with E-state index in [1.165, 1.54) is 28.8 Å². The lowest BCUT2D eigenvalue weighted by Crippen LogP contribution is -2.13. The number of carbonyl (C=O) groups is 1. The molecule has 0 aliphatic heterocycles. The molecule has 8 nitrogen and oxygen atoms in total. The van der Waals surface area contributed by atoms with Crippen LogP contribution < -0.4 is 5.32 Å². The second kappa shape index (κ2) is 10.2. The zero-order valence-corrected chi connectivity index (χ0v) is 18.5. The zero-order valence-electron chi connectivity index (χ0n) is 16.9. The molecule has 2 aromatic carbocycles. The number of aromatic nitrogens is 3. The quantitative estimate of drug-likeness (QED) is 0.213. The second-order valence-corrected chi connectivity index (χ2v) is 8.84. The minimum Gasteiger partial charge on any atom is -0.320 e. The van der Waals surface area contributed by atoms with Crippen LogP contribution in [0.3, 0.4) is 0 Å². The third kappa shape index (κ3) is 5.21. The average molecular weight is 466 g/mol. The highest BCUT2D eigenvalue weighted by molar-refractivity contribution is 7.99. The van der Waals surface area contributed by atoms with E-state index < -0.39 is 4.92 Å². The lowest BCUT2D eigenvalue weighted by atomic mass is 10.2. The molecule has 4 rings (SSSR count). The van der Waals surface area contributed by atoms with Crippen LogP contribution in [0.1, 0.15) is 17.1 Å². The summed E-state index contributed by atoms with van der Waals surface area (Å²) in [5.74, 6) is 0.984. The van der Waals surface area contributed by atoms with Crippen molar-refractivity contribution in [1.82, 2.24) is 14.8 Å². The maximum Gasteiger partial charge on any atom is 0.292 e. The number of carbonyl (C=O) groups excluding carboxylic acids is 1. The van der Waals surface area contributed by atoms with Crippen molar-refractivity contribution in [2.75, 3.05) is 11.1 Å². The Labute approximate surface area is 192 Å². The van der Waals surface area contributed by atoms with E-state index in [9.17, 15) is 14.9 Å². The van der Waals surface area contributed by atoms with Gasteiger partial charge in [-0.2, -0.15) is 0 Å². The Kier molecular flexibility index (Phi) is 6.93. The summed E-state index contributed by atoms with van der Waals surface area (Å²) in [5, 5.41) is 25.2. The number of nitro benzene ring substituents is 1. The first-order valence-electron chi connectivity index (χ1n) is 9.80. The van der Waals surface area contributed by atoms with Gasteiger partial charge in [0, 0.05) is 35.2 Å². The molecule has 2 aromatic heterocycles. The van der Waals surface area contributed by atoms with Crippen molar-refractivity contribution in [2.24, 2.45) is 0 Å². The van der Waals surface area contributed by atoms with Crippen molar-refractivity contribution in [2.45, 2.75) is 18.0 Å². The predicted octanol–water partition coefficient (Wildman–Crippen LogP) is 4.95. The van der Waals surface area contributed by atoms with E-state index in [0.29, 0.717) is 17.3 Å². The highest BCUT2D eigenvalue weighted by atomic mass is 32.2. The number of amides is 1. The van der Waals surface area contributed by atoms with Crippen LogP contribution in [0.4, 0.5) is 11.4 Å². The number of rotatable bonds is 9. The van der Waals surface area contributed by atoms with Gasteiger partial charge in [0.05, 0.1) is 4.92 Å². The molecule has 32 heavy (non-hydrogen) atoms. The minimum atomic E-state index is -0.512. The summed E-state index contributed by atoms with van der Waals surface area (Å²) < 4.78 is 2.00. The van der Waals surface area contributed by atoms with Gasteiger partial charge in [0.1, 0.15) is 11.5 Å². The number of hydrogen-bond acceptors (Lipinski definition) is 7. The normalized spacial score (nSPS) is 10.8. The van der Waals surface area contributed by atoms with Gasteiger partial charge >= 0.3 is 0 Å². The maximum atomic E-state index is 12.4. The van der Waals surface area contributed by atoms with Crippen molar-refractivity contribution in [3.63, 3.8) is 0 Å². The standard InChI is InChI=1S/C22H19N5O3S2/c28-21(23-18-10-4-5-11-19(18)27(29)30)12-14-32-22-25-24-20(15-17-9-6-13-31-17)26(22)16-7-2-1-3-8-16/h1-11,13H,12,14-15H2,(H,23,28). The summed E-state index contributed by atoms with van der Waals surface area (Å²) in [6, 6.07) is 20.0. The molecule has 0 spiro atoms. The molecule has 0 bridgehead atoms. The summed E-state index contributed by atoms with van der Waals surface area (Å²) in [5.41, 5.74) is 1.02. The molecule has 1 amide bonds. The van der Waals surface area contributed by atoms with E-state index in [-0.39, 0.29) is 23.7 Å². The van der Waals surface area contributed by atoms with Crippen LogP contribution >= 0.6 is 23.1 Å². The van der Waals surface area contributed by atoms with Gasteiger partial charge in [-0.05, 0) is 29.6 Å². The summed E-state index contributed by atoms with van der Waals surface area (Å²) in [4.78, 5) is 24.2. The van der Waals surface area contributed by atoms with E-state index in [1.807, 2.05) is 46.3 Å². The molecule has 10 heteroatoms. The van der Waals surface area contributed by atoms with E-state index >= 15 is 0 Å². The Hall–Kier alpha value is -3.50. The second-order valence-electron chi connectivity index (χ2n) is 6.75. The third-order valence-corrected chi connectivity index (χ3v) is 6.37. The van der Waals surface area contributed by atoms with Crippen molar-refractivity contribution in [3.8, 4) is 5.69 Å². The Morgan fingerprint density at radius 1 is 1.06 bits per heavy atom. The van der Waals surface area contributed by atoms with Gasteiger partial charge in [-0.1, -0.05) is 48.2 Å². The molecule has 4 aromatic rings. The molecule has 0 aliphatic carbocycles. The summed E-state index contributed by atoms with van der Waals surface area (Å²) in [7, 11) is 0. The fourth-order valence-electron chi connectivity index (χ4n) is 3.10. The van der Waals surface area contributed by atoms with Crippen LogP contribution in [-0.4, -0.2) is 31.3 Å². The number of nitrogens with one attached hydrogen (secondary N) is 1. The number of nitro groups is 1. The lowest BCUT2D eigenvalue weighted by molar-refractivity contribution is -0.383. The minimum absolute atomic E-state index is 0.129. The number of nitrogens with zero attached hydrogens (tertiary/aromatic N) is 4. The first kappa shape index (κ1) is 21.7. The van der Waals surface area contributed by atoms with Gasteiger partial charge in [-0.25, -0.2) is 0 Å². The monoisotopic (exact) mass is 465 g/mol. The van der Waals surface area contributed by atoms with Crippen molar-refractivity contribution >= 4 is 40.4 Å². The van der Waals surface area contributed by atoms with Crippen molar-refractivity contribution in [1.29, 1.82) is 0 Å². The lowest BCUT2D eigenvalue weighted by Gasteiger charge is -2.10. The Balaban J connectivity index is 1.45. The van der Waals surface area contributed by atoms with E-state index in [0.717, 1.165) is 11.5 Å². The van der Waals surface area contributed by atoms with E-state index in [4.69, 9.17) is 0 Å². The average Bonchev–Trinajstić information content (AvgIpc) is 3.45. The number of benzene rings is 2. The molecule has 0 unspecified atom stereocenters. The van der Waals surface area contributed by atoms with Gasteiger partial charge < -0.3 is 5.32 Å². The summed E-state index contributed by atoms with van der Waals surface area (Å²) >= 11 is 3.09. The number of thiophene rings is 1. The SMILES string of the molecule is O=C(CCSc1nnc(Cc2cccs2)n1-c1ccccc1)Nc1ccccc1[N+](=O)[O-]. The summed E-state index contributed by atoms with van der Waals surface area (Å²) in [6.07, 6.45) is 0.844. The Bertz CT molecular complexity index is 1210. The number of para-hydroxylation sites is 3. The largest absolute Gasteiger partial charge is 0.320 e. The van der Waals surface area contributed by atoms with Crippen LogP contribution in [-0.2, 0) is 11.2 Å². The van der Waals surface area contributed by atoms with Crippen molar-refractivity contribution in [3.05, 3.63) is 92.9 Å². The topological polar surface area (TPSA) is 103 Å². The van der Waals surface area contributed by atoms with Crippen molar-refractivity contribution < 1.29 is 9.72 Å². The molecule has 162 valence electrons. The molecule has 0 atom stereocenters. The van der Waals surface area contributed by atoms with Crippen LogP contribution in [0.15, 0.2) is 77.3 Å². The third-order valence-electron chi connectivity index (χ3n) is 4.56. The van der Waals surface area contributed by atoms with Gasteiger partial charge in [-0.15, -0.1) is 21.5 Å². The van der Waals surface area contributed by atoms with Crippen LogP contribution in [0.5, 0.6) is 0 Å². The predicted molar refractivity (Wildman–Crippen MR) is 126 cm³/mol. The number of hydrogen-bond donors (Lipinski definition) is 1. The summed E-state index contributed by atoms with van der Waals surface area (Å²) in [6.45, 7) is 0. The number of anilines is 1. The fourth-order valence-corrected chi connectivity index (χ4v) is 4.71. The Morgan fingerprint density at radius 3 is 2.59 bits per heavy atom. The maximum absolute atomic E-state index is 12.4. The molecule has 2 heterocycles. The van der Waals surface area contributed by atoms with Gasteiger partial charge in [0.25, 0.3) is 5.69 Å². The molecule has 0 radical (unpaired) electrons. The van der Waals surface area contributed by atoms with Gasteiger partial charge in [0.15, 0.2) is 5.16 Å². The van der Waals surface area contributed by atoms with Gasteiger partial charge in [-0.3, -0.25) is 19.5 Å². The molecular weight excluding hydrogens is 446 g/mol. The van der Waals surface area contributed by atoms with E-state index in [2.05, 4.69) is 21.6 Å². The molecular formula is C22H19N5O3S2. The Morgan fingerprint density at radius 2 is 1.84 bits per heavy atom. The smallest absolute Gasteiger partial charge is 0.292 e. The van der Waals surface area contributed by atoms with Crippen LogP contribution in [0.25, 0.3) is 5.69 Å². The number of thioether (sulfide) groups is 1. The first-order chi connectivity index (χ1) is 15.6. The van der Waals surface area contributed by atoms with Crippen LogP contribution in [0, 0.1) is 10.1 Å². The molecule has 0 saturated heterocycles. The van der Waals surface area contributed by atoms with Crippen LogP contribution in [0.2, 0.25) is 0 Å². The fraction of sp³-hybridized carbons (Fsp3) is 0.136. The van der Waals surface area contributed by atoms with Gasteiger partial charge in [0.2, 0.25) is 5.91 Å².